The second-order valence-corrected chi connectivity index (χ2v) is 5.81. The molecule has 3 nitrogen and oxygen atoms in total. The third kappa shape index (κ3) is 4.32. The Morgan fingerprint density at radius 2 is 2.05 bits per heavy atom. The van der Waals surface area contributed by atoms with Gasteiger partial charge in [0.25, 0.3) is 0 Å². The molecular formula is C15H20BrNO2. The van der Waals surface area contributed by atoms with Crippen LogP contribution < -0.4 is 4.74 Å². The van der Waals surface area contributed by atoms with Crippen LogP contribution in [0.15, 0.2) is 22.7 Å². The number of carbonyl (C=O) groups excluding carboxylic acids is 1. The van der Waals surface area contributed by atoms with Crippen LogP contribution in [-0.4, -0.2) is 36.9 Å². The zero-order chi connectivity index (χ0) is 13.7. The molecule has 1 aromatic carbocycles. The highest BCUT2D eigenvalue weighted by Crippen LogP contribution is 2.26. The van der Waals surface area contributed by atoms with Gasteiger partial charge in [0, 0.05) is 12.1 Å². The monoisotopic (exact) mass is 325 g/mol. The standard InChI is InChI=1S/C15H20BrNO2/c1-12(18)13-5-6-15(14(16)11-13)19-10-9-17-7-3-2-4-8-17/h5-6,11H,2-4,7-10H2,1H3. The highest BCUT2D eigenvalue weighted by Gasteiger charge is 2.10. The molecule has 1 aliphatic heterocycles. The van der Waals surface area contributed by atoms with Crippen molar-refractivity contribution in [3.05, 3.63) is 28.2 Å². The van der Waals surface area contributed by atoms with Gasteiger partial charge in [-0.1, -0.05) is 6.42 Å². The third-order valence-corrected chi connectivity index (χ3v) is 4.07. The van der Waals surface area contributed by atoms with Crippen LogP contribution in [-0.2, 0) is 0 Å². The van der Waals surface area contributed by atoms with Crippen LogP contribution in [0.4, 0.5) is 0 Å². The number of ketones is 1. The topological polar surface area (TPSA) is 29.5 Å². The molecule has 0 aromatic heterocycles. The molecule has 0 spiro atoms. The quantitative estimate of drug-likeness (QED) is 0.776. The van der Waals surface area contributed by atoms with E-state index in [1.54, 1.807) is 6.92 Å². The molecule has 1 aliphatic rings. The van der Waals surface area contributed by atoms with Gasteiger partial charge in [-0.3, -0.25) is 9.69 Å². The van der Waals surface area contributed by atoms with Crippen molar-refractivity contribution in [1.29, 1.82) is 0 Å². The molecule has 19 heavy (non-hydrogen) atoms. The molecule has 104 valence electrons. The average Bonchev–Trinajstić information content (AvgIpc) is 2.41. The first-order chi connectivity index (χ1) is 9.16. The number of likely N-dealkylation sites (tertiary alicyclic amines) is 1. The van der Waals surface area contributed by atoms with Crippen molar-refractivity contribution in [2.24, 2.45) is 0 Å². The van der Waals surface area contributed by atoms with E-state index in [9.17, 15) is 4.79 Å². The van der Waals surface area contributed by atoms with Gasteiger partial charge < -0.3 is 4.74 Å². The van der Waals surface area contributed by atoms with E-state index in [1.807, 2.05) is 18.2 Å². The largest absolute Gasteiger partial charge is 0.491 e. The lowest BCUT2D eigenvalue weighted by Gasteiger charge is -2.26. The van der Waals surface area contributed by atoms with Crippen LogP contribution in [0.2, 0.25) is 0 Å². The highest BCUT2D eigenvalue weighted by molar-refractivity contribution is 9.10. The van der Waals surface area contributed by atoms with Crippen LogP contribution in [0.1, 0.15) is 36.5 Å². The second kappa shape index (κ2) is 7.06. The number of piperidine rings is 1. The van der Waals surface area contributed by atoms with E-state index in [1.165, 1.54) is 32.4 Å². The zero-order valence-electron chi connectivity index (χ0n) is 11.3. The van der Waals surface area contributed by atoms with Crippen molar-refractivity contribution in [2.45, 2.75) is 26.2 Å². The fourth-order valence-electron chi connectivity index (χ4n) is 2.30. The van der Waals surface area contributed by atoms with Gasteiger partial charge in [0.1, 0.15) is 12.4 Å². The Hall–Kier alpha value is -0.870. The molecule has 0 saturated carbocycles. The number of hydrogen-bond acceptors (Lipinski definition) is 3. The minimum Gasteiger partial charge on any atom is -0.491 e. The Morgan fingerprint density at radius 3 is 2.68 bits per heavy atom. The third-order valence-electron chi connectivity index (χ3n) is 3.45. The fraction of sp³-hybridized carbons (Fsp3) is 0.533. The average molecular weight is 326 g/mol. The van der Waals surface area contributed by atoms with Gasteiger partial charge in [0.2, 0.25) is 0 Å². The Balaban J connectivity index is 1.83. The summed E-state index contributed by atoms with van der Waals surface area (Å²) in [6, 6.07) is 5.49. The van der Waals surface area contributed by atoms with Crippen molar-refractivity contribution in [3.63, 3.8) is 0 Å². The lowest BCUT2D eigenvalue weighted by atomic mass is 10.1. The molecule has 0 bridgehead atoms. The summed E-state index contributed by atoms with van der Waals surface area (Å²) in [4.78, 5) is 13.7. The summed E-state index contributed by atoms with van der Waals surface area (Å²) in [5.74, 6) is 0.877. The maximum absolute atomic E-state index is 11.3. The van der Waals surface area contributed by atoms with Crippen molar-refractivity contribution < 1.29 is 9.53 Å². The number of halogens is 1. The van der Waals surface area contributed by atoms with Gasteiger partial charge in [0.15, 0.2) is 5.78 Å². The molecule has 1 aromatic rings. The summed E-state index contributed by atoms with van der Waals surface area (Å²) in [5.41, 5.74) is 0.704. The first-order valence-corrected chi connectivity index (χ1v) is 7.62. The highest BCUT2D eigenvalue weighted by atomic mass is 79.9. The summed E-state index contributed by atoms with van der Waals surface area (Å²) < 4.78 is 6.62. The SMILES string of the molecule is CC(=O)c1ccc(OCCN2CCCCC2)c(Br)c1. The molecular weight excluding hydrogens is 306 g/mol. The lowest BCUT2D eigenvalue weighted by molar-refractivity contribution is 0.101. The van der Waals surface area contributed by atoms with E-state index < -0.39 is 0 Å². The minimum absolute atomic E-state index is 0.0700. The van der Waals surface area contributed by atoms with E-state index in [-0.39, 0.29) is 5.78 Å². The number of carbonyl (C=O) groups is 1. The smallest absolute Gasteiger partial charge is 0.159 e. The Labute approximate surface area is 123 Å². The van der Waals surface area contributed by atoms with Gasteiger partial charge in [-0.05, 0) is 67.0 Å². The summed E-state index contributed by atoms with van der Waals surface area (Å²) >= 11 is 3.45. The van der Waals surface area contributed by atoms with Crippen molar-refractivity contribution >= 4 is 21.7 Å². The summed E-state index contributed by atoms with van der Waals surface area (Å²) in [6.07, 6.45) is 3.96. The number of rotatable bonds is 5. The molecule has 0 N–H and O–H groups in total. The molecule has 0 amide bonds. The predicted octanol–water partition coefficient (Wildman–Crippen LogP) is 3.52. The van der Waals surface area contributed by atoms with Gasteiger partial charge in [-0.15, -0.1) is 0 Å². The fourth-order valence-corrected chi connectivity index (χ4v) is 2.80. The zero-order valence-corrected chi connectivity index (χ0v) is 12.9. The van der Waals surface area contributed by atoms with Gasteiger partial charge >= 0.3 is 0 Å². The maximum atomic E-state index is 11.3. The molecule has 0 radical (unpaired) electrons. The van der Waals surface area contributed by atoms with E-state index in [4.69, 9.17) is 4.74 Å². The molecule has 0 unspecified atom stereocenters. The first kappa shape index (κ1) is 14.5. The van der Waals surface area contributed by atoms with Crippen molar-refractivity contribution in [2.75, 3.05) is 26.2 Å². The predicted molar refractivity (Wildman–Crippen MR) is 79.9 cm³/mol. The van der Waals surface area contributed by atoms with Gasteiger partial charge in [-0.25, -0.2) is 0 Å². The Kier molecular flexibility index (Phi) is 5.40. The molecule has 2 rings (SSSR count). The van der Waals surface area contributed by atoms with E-state index in [0.29, 0.717) is 12.2 Å². The Morgan fingerprint density at radius 1 is 1.32 bits per heavy atom. The maximum Gasteiger partial charge on any atom is 0.159 e. The molecule has 0 atom stereocenters. The summed E-state index contributed by atoms with van der Waals surface area (Å²) in [5, 5.41) is 0. The number of Topliss-reactive ketones (excluding diaryl/α,β-unsaturated/α-hetero) is 1. The van der Waals surface area contributed by atoms with Crippen molar-refractivity contribution in [3.8, 4) is 5.75 Å². The van der Waals surface area contributed by atoms with Crippen LogP contribution in [0.3, 0.4) is 0 Å². The first-order valence-electron chi connectivity index (χ1n) is 6.82. The molecule has 1 fully saturated rings. The number of nitrogens with zero attached hydrogens (tertiary/aromatic N) is 1. The summed E-state index contributed by atoms with van der Waals surface area (Å²) in [6.45, 7) is 5.61. The molecule has 1 saturated heterocycles. The van der Waals surface area contributed by atoms with Crippen LogP contribution in [0.25, 0.3) is 0 Å². The van der Waals surface area contributed by atoms with Crippen LogP contribution in [0.5, 0.6) is 5.75 Å². The van der Waals surface area contributed by atoms with Gasteiger partial charge in [-0.2, -0.15) is 0 Å². The number of benzene rings is 1. The van der Waals surface area contributed by atoms with Crippen LogP contribution in [0, 0.1) is 0 Å². The number of ether oxygens (including phenoxy) is 1. The second-order valence-electron chi connectivity index (χ2n) is 4.95. The van der Waals surface area contributed by atoms with E-state index >= 15 is 0 Å². The lowest BCUT2D eigenvalue weighted by Crippen LogP contribution is -2.33. The van der Waals surface area contributed by atoms with Crippen LogP contribution >= 0.6 is 15.9 Å². The van der Waals surface area contributed by atoms with E-state index in [0.717, 1.165) is 16.8 Å². The molecule has 0 aliphatic carbocycles. The minimum atomic E-state index is 0.0700. The van der Waals surface area contributed by atoms with Crippen molar-refractivity contribution in [1.82, 2.24) is 4.90 Å². The number of hydrogen-bond donors (Lipinski definition) is 0. The molecule has 1 heterocycles. The van der Waals surface area contributed by atoms with E-state index in [2.05, 4.69) is 20.8 Å². The van der Waals surface area contributed by atoms with Gasteiger partial charge in [0.05, 0.1) is 4.47 Å². The molecule has 4 heteroatoms. The summed E-state index contributed by atoms with van der Waals surface area (Å²) in [7, 11) is 0. The Bertz CT molecular complexity index is 442. The normalized spacial score (nSPS) is 16.3.